The van der Waals surface area contributed by atoms with E-state index in [1.54, 1.807) is 24.3 Å². The molecule has 2 rings (SSSR count). The van der Waals surface area contributed by atoms with E-state index in [0.717, 1.165) is 11.6 Å². The van der Waals surface area contributed by atoms with Gasteiger partial charge in [0.15, 0.2) is 0 Å². The molecule has 0 aliphatic rings. The largest absolute Gasteiger partial charge is 0.494 e. The van der Waals surface area contributed by atoms with Gasteiger partial charge in [-0.25, -0.2) is 0 Å². The number of non-ortho nitro benzene ring substituents is 1. The maximum absolute atomic E-state index is 12.5. The number of ether oxygens (including phenoxy) is 1. The average molecular weight is 373 g/mol. The number of anilines is 1. The molecule has 2 aromatic rings. The molecule has 2 amide bonds. The SMILES string of the molecule is COc1cc([N+](=O)[O-])ccc1NC(=O)C(=O)N(CCO)Cc1ccccc1. The van der Waals surface area contributed by atoms with Crippen LogP contribution in [-0.2, 0) is 16.1 Å². The number of aliphatic hydroxyl groups is 1. The van der Waals surface area contributed by atoms with E-state index in [2.05, 4.69) is 5.32 Å². The minimum Gasteiger partial charge on any atom is -0.494 e. The van der Waals surface area contributed by atoms with E-state index < -0.39 is 16.7 Å². The number of nitro groups is 1. The molecule has 0 atom stereocenters. The van der Waals surface area contributed by atoms with Gasteiger partial charge in [-0.05, 0) is 11.6 Å². The molecule has 0 saturated heterocycles. The van der Waals surface area contributed by atoms with Crippen LogP contribution >= 0.6 is 0 Å². The van der Waals surface area contributed by atoms with Crippen molar-refractivity contribution in [2.45, 2.75) is 6.54 Å². The Morgan fingerprint density at radius 1 is 1.22 bits per heavy atom. The molecule has 0 aromatic heterocycles. The first-order chi connectivity index (χ1) is 13.0. The number of carbonyl (C=O) groups excluding carboxylic acids is 2. The smallest absolute Gasteiger partial charge is 0.314 e. The molecule has 0 fully saturated rings. The van der Waals surface area contributed by atoms with E-state index in [0.29, 0.717) is 0 Å². The first-order valence-electron chi connectivity index (χ1n) is 8.03. The van der Waals surface area contributed by atoms with Gasteiger partial charge in [0.2, 0.25) is 0 Å². The van der Waals surface area contributed by atoms with Crippen molar-refractivity contribution < 1.29 is 24.4 Å². The molecule has 2 N–H and O–H groups in total. The average Bonchev–Trinajstić information content (AvgIpc) is 2.68. The van der Waals surface area contributed by atoms with Crippen molar-refractivity contribution in [2.24, 2.45) is 0 Å². The highest BCUT2D eigenvalue weighted by atomic mass is 16.6. The number of nitro benzene ring substituents is 1. The van der Waals surface area contributed by atoms with Crippen LogP contribution in [0, 0.1) is 10.1 Å². The molecule has 0 spiro atoms. The molecule has 0 heterocycles. The molecule has 9 nitrogen and oxygen atoms in total. The van der Waals surface area contributed by atoms with E-state index in [1.165, 1.54) is 24.1 Å². The normalized spacial score (nSPS) is 10.1. The van der Waals surface area contributed by atoms with Gasteiger partial charge in [0.25, 0.3) is 5.69 Å². The standard InChI is InChI=1S/C18H19N3O6/c1-27-16-11-14(21(25)26)7-8-15(16)19-17(23)18(24)20(9-10-22)12-13-5-3-2-4-6-13/h2-8,11,22H,9-10,12H2,1H3,(H,19,23). The summed E-state index contributed by atoms with van der Waals surface area (Å²) in [7, 11) is 1.30. The molecule has 0 saturated carbocycles. The number of nitrogens with one attached hydrogen (secondary N) is 1. The van der Waals surface area contributed by atoms with Crippen molar-refractivity contribution in [1.29, 1.82) is 0 Å². The zero-order valence-corrected chi connectivity index (χ0v) is 14.6. The van der Waals surface area contributed by atoms with E-state index in [9.17, 15) is 24.8 Å². The summed E-state index contributed by atoms with van der Waals surface area (Å²) in [6, 6.07) is 12.7. The lowest BCUT2D eigenvalue weighted by molar-refractivity contribution is -0.384. The highest BCUT2D eigenvalue weighted by Crippen LogP contribution is 2.29. The third-order valence-corrected chi connectivity index (χ3v) is 3.71. The molecule has 9 heteroatoms. The molecule has 2 aromatic carbocycles. The molecular formula is C18H19N3O6. The second kappa shape index (κ2) is 9.30. The van der Waals surface area contributed by atoms with E-state index in [-0.39, 0.29) is 36.8 Å². The lowest BCUT2D eigenvalue weighted by Crippen LogP contribution is -2.40. The molecule has 0 aliphatic heterocycles. The second-order valence-corrected chi connectivity index (χ2v) is 5.53. The number of amides is 2. The zero-order valence-electron chi connectivity index (χ0n) is 14.6. The molecule has 0 aliphatic carbocycles. The summed E-state index contributed by atoms with van der Waals surface area (Å²) in [5.74, 6) is -1.72. The van der Waals surface area contributed by atoms with E-state index in [1.807, 2.05) is 6.07 Å². The fourth-order valence-corrected chi connectivity index (χ4v) is 2.39. The Bertz CT molecular complexity index is 825. The van der Waals surface area contributed by atoms with Crippen LogP contribution in [0.2, 0.25) is 0 Å². The number of carbonyl (C=O) groups is 2. The summed E-state index contributed by atoms with van der Waals surface area (Å²) in [6.45, 7) is -0.156. The monoisotopic (exact) mass is 373 g/mol. The molecule has 27 heavy (non-hydrogen) atoms. The summed E-state index contributed by atoms with van der Waals surface area (Å²) in [5.41, 5.74) is 0.729. The van der Waals surface area contributed by atoms with Crippen molar-refractivity contribution in [3.8, 4) is 5.75 Å². The van der Waals surface area contributed by atoms with Gasteiger partial charge in [-0.15, -0.1) is 0 Å². The van der Waals surface area contributed by atoms with Crippen LogP contribution in [0.3, 0.4) is 0 Å². The van der Waals surface area contributed by atoms with Crippen LogP contribution in [0.1, 0.15) is 5.56 Å². The highest BCUT2D eigenvalue weighted by molar-refractivity contribution is 6.39. The van der Waals surface area contributed by atoms with Crippen LogP contribution in [-0.4, -0.2) is 47.0 Å². The summed E-state index contributed by atoms with van der Waals surface area (Å²) >= 11 is 0. The van der Waals surface area contributed by atoms with Crippen molar-refractivity contribution in [3.63, 3.8) is 0 Å². The summed E-state index contributed by atoms with van der Waals surface area (Å²) in [6.07, 6.45) is 0. The predicted molar refractivity (Wildman–Crippen MR) is 97.2 cm³/mol. The van der Waals surface area contributed by atoms with Crippen LogP contribution in [0.4, 0.5) is 11.4 Å². The Morgan fingerprint density at radius 3 is 2.52 bits per heavy atom. The molecular weight excluding hydrogens is 354 g/mol. The number of aliphatic hydroxyl groups excluding tert-OH is 1. The van der Waals surface area contributed by atoms with E-state index >= 15 is 0 Å². The van der Waals surface area contributed by atoms with Gasteiger partial charge in [-0.1, -0.05) is 30.3 Å². The van der Waals surface area contributed by atoms with Gasteiger partial charge in [-0.2, -0.15) is 0 Å². The zero-order chi connectivity index (χ0) is 19.8. The summed E-state index contributed by atoms with van der Waals surface area (Å²) < 4.78 is 5.04. The van der Waals surface area contributed by atoms with Crippen molar-refractivity contribution >= 4 is 23.2 Å². The summed E-state index contributed by atoms with van der Waals surface area (Å²) in [5, 5.41) is 22.4. The highest BCUT2D eigenvalue weighted by Gasteiger charge is 2.23. The van der Waals surface area contributed by atoms with Crippen molar-refractivity contribution in [2.75, 3.05) is 25.6 Å². The van der Waals surface area contributed by atoms with Gasteiger partial charge in [0.05, 0.1) is 30.4 Å². The lowest BCUT2D eigenvalue weighted by atomic mass is 10.2. The van der Waals surface area contributed by atoms with Gasteiger partial charge in [0, 0.05) is 19.2 Å². The second-order valence-electron chi connectivity index (χ2n) is 5.53. The topological polar surface area (TPSA) is 122 Å². The lowest BCUT2D eigenvalue weighted by Gasteiger charge is -2.21. The Kier molecular flexibility index (Phi) is 6.84. The minimum atomic E-state index is -0.938. The Morgan fingerprint density at radius 2 is 1.93 bits per heavy atom. The maximum atomic E-state index is 12.5. The molecule has 0 bridgehead atoms. The van der Waals surface area contributed by atoms with Gasteiger partial charge in [-0.3, -0.25) is 19.7 Å². The number of hydrogen-bond donors (Lipinski definition) is 2. The number of hydrogen-bond acceptors (Lipinski definition) is 6. The fourth-order valence-electron chi connectivity index (χ4n) is 2.39. The van der Waals surface area contributed by atoms with Crippen LogP contribution in [0.25, 0.3) is 0 Å². The van der Waals surface area contributed by atoms with Crippen LogP contribution in [0.5, 0.6) is 5.75 Å². The summed E-state index contributed by atoms with van der Waals surface area (Å²) in [4.78, 5) is 36.2. The fraction of sp³-hybridized carbons (Fsp3) is 0.222. The first-order valence-corrected chi connectivity index (χ1v) is 8.03. The van der Waals surface area contributed by atoms with Crippen molar-refractivity contribution in [1.82, 2.24) is 4.90 Å². The van der Waals surface area contributed by atoms with Gasteiger partial charge < -0.3 is 20.1 Å². The first kappa shape index (κ1) is 19.9. The van der Waals surface area contributed by atoms with Crippen molar-refractivity contribution in [3.05, 3.63) is 64.2 Å². The third-order valence-electron chi connectivity index (χ3n) is 3.71. The van der Waals surface area contributed by atoms with Crippen LogP contribution in [0.15, 0.2) is 48.5 Å². The quantitative estimate of drug-likeness (QED) is 0.431. The maximum Gasteiger partial charge on any atom is 0.314 e. The number of rotatable bonds is 7. The Hall–Kier alpha value is -3.46. The number of benzene rings is 2. The van der Waals surface area contributed by atoms with Crippen LogP contribution < -0.4 is 10.1 Å². The predicted octanol–water partition coefficient (Wildman–Crippen LogP) is 1.56. The number of nitrogens with zero attached hydrogens (tertiary/aromatic N) is 2. The van der Waals surface area contributed by atoms with Gasteiger partial charge >= 0.3 is 11.8 Å². The minimum absolute atomic E-state index is 0.0153. The Balaban J connectivity index is 2.15. The molecule has 0 radical (unpaired) electrons. The molecule has 0 unspecified atom stereocenters. The molecule has 142 valence electrons. The number of methoxy groups -OCH3 is 1. The Labute approximate surface area is 155 Å². The third kappa shape index (κ3) is 5.25. The van der Waals surface area contributed by atoms with Gasteiger partial charge in [0.1, 0.15) is 5.75 Å². The van der Waals surface area contributed by atoms with E-state index in [4.69, 9.17) is 4.74 Å².